The summed E-state index contributed by atoms with van der Waals surface area (Å²) in [5.41, 5.74) is 5.46. The number of methoxy groups -OCH3 is 1. The van der Waals surface area contributed by atoms with Crippen molar-refractivity contribution in [3.8, 4) is 0 Å². The molecule has 0 unspecified atom stereocenters. The standard InChI is InChI=1S/C7H11N3O3/c1-13-3-2-10-4-5(8)6(9-10)7(11)12/h4H,2-3,8H2,1H3,(H,11,12). The van der Waals surface area contributed by atoms with Crippen LogP contribution < -0.4 is 5.73 Å². The largest absolute Gasteiger partial charge is 0.476 e. The minimum Gasteiger partial charge on any atom is -0.476 e. The normalized spacial score (nSPS) is 10.2. The van der Waals surface area contributed by atoms with E-state index in [0.717, 1.165) is 0 Å². The Balaban J connectivity index is 2.76. The van der Waals surface area contributed by atoms with E-state index in [1.807, 2.05) is 0 Å². The van der Waals surface area contributed by atoms with Crippen LogP contribution in [0.3, 0.4) is 0 Å². The lowest BCUT2D eigenvalue weighted by Gasteiger charge is -1.97. The molecule has 1 heterocycles. The Labute approximate surface area is 74.9 Å². The third-order valence-electron chi connectivity index (χ3n) is 1.52. The molecule has 0 saturated heterocycles. The van der Waals surface area contributed by atoms with Gasteiger partial charge in [0.1, 0.15) is 0 Å². The summed E-state index contributed by atoms with van der Waals surface area (Å²) >= 11 is 0. The van der Waals surface area contributed by atoms with Crippen molar-refractivity contribution in [3.05, 3.63) is 11.9 Å². The van der Waals surface area contributed by atoms with Gasteiger partial charge in [-0.15, -0.1) is 0 Å². The van der Waals surface area contributed by atoms with Crippen LogP contribution in [0.1, 0.15) is 10.5 Å². The van der Waals surface area contributed by atoms with Gasteiger partial charge in [-0.05, 0) is 0 Å². The van der Waals surface area contributed by atoms with Crippen LogP contribution in [0.2, 0.25) is 0 Å². The maximum Gasteiger partial charge on any atom is 0.358 e. The molecular weight excluding hydrogens is 174 g/mol. The summed E-state index contributed by atoms with van der Waals surface area (Å²) in [6.07, 6.45) is 1.47. The number of carboxylic acids is 1. The zero-order valence-corrected chi connectivity index (χ0v) is 7.23. The van der Waals surface area contributed by atoms with Gasteiger partial charge in [0.15, 0.2) is 5.69 Å². The average molecular weight is 185 g/mol. The summed E-state index contributed by atoms with van der Waals surface area (Å²) in [5.74, 6) is -1.12. The second-order valence-electron chi connectivity index (χ2n) is 2.49. The molecule has 0 bridgehead atoms. The van der Waals surface area contributed by atoms with Gasteiger partial charge in [-0.1, -0.05) is 0 Å². The molecule has 13 heavy (non-hydrogen) atoms. The Hall–Kier alpha value is -1.56. The number of carbonyl (C=O) groups is 1. The first kappa shape index (κ1) is 9.53. The molecule has 0 aliphatic heterocycles. The molecule has 0 atom stereocenters. The Morgan fingerprint density at radius 2 is 2.54 bits per heavy atom. The van der Waals surface area contributed by atoms with Gasteiger partial charge in [-0.3, -0.25) is 4.68 Å². The summed E-state index contributed by atoms with van der Waals surface area (Å²) < 4.78 is 6.25. The van der Waals surface area contributed by atoms with E-state index in [0.29, 0.717) is 13.2 Å². The molecule has 0 radical (unpaired) electrons. The van der Waals surface area contributed by atoms with Crippen LogP contribution >= 0.6 is 0 Å². The van der Waals surface area contributed by atoms with Crippen molar-refractivity contribution in [1.29, 1.82) is 0 Å². The van der Waals surface area contributed by atoms with Gasteiger partial charge in [0.05, 0.1) is 18.8 Å². The van der Waals surface area contributed by atoms with Gasteiger partial charge in [0, 0.05) is 13.3 Å². The van der Waals surface area contributed by atoms with E-state index in [1.165, 1.54) is 10.9 Å². The Morgan fingerprint density at radius 1 is 1.85 bits per heavy atom. The first-order valence-electron chi connectivity index (χ1n) is 3.70. The first-order valence-corrected chi connectivity index (χ1v) is 3.70. The zero-order chi connectivity index (χ0) is 9.84. The molecule has 0 aromatic carbocycles. The second-order valence-corrected chi connectivity index (χ2v) is 2.49. The van der Waals surface area contributed by atoms with E-state index in [2.05, 4.69) is 5.10 Å². The van der Waals surface area contributed by atoms with Crippen LogP contribution in [0.15, 0.2) is 6.20 Å². The van der Waals surface area contributed by atoms with Gasteiger partial charge in [0.2, 0.25) is 0 Å². The quantitative estimate of drug-likeness (QED) is 0.678. The van der Waals surface area contributed by atoms with Crippen molar-refractivity contribution in [1.82, 2.24) is 9.78 Å². The molecule has 6 nitrogen and oxygen atoms in total. The van der Waals surface area contributed by atoms with Crippen LogP contribution in [0.5, 0.6) is 0 Å². The highest BCUT2D eigenvalue weighted by Gasteiger charge is 2.12. The number of hydrogen-bond donors (Lipinski definition) is 2. The molecule has 0 amide bonds. The Bertz CT molecular complexity index is 308. The first-order chi connectivity index (χ1) is 6.15. The number of nitrogens with two attached hydrogens (primary N) is 1. The van der Waals surface area contributed by atoms with Crippen molar-refractivity contribution < 1.29 is 14.6 Å². The monoisotopic (exact) mass is 185 g/mol. The summed E-state index contributed by atoms with van der Waals surface area (Å²) in [5, 5.41) is 12.4. The van der Waals surface area contributed by atoms with Gasteiger partial charge in [-0.2, -0.15) is 5.10 Å². The van der Waals surface area contributed by atoms with Crippen LogP contribution in [-0.4, -0.2) is 34.6 Å². The topological polar surface area (TPSA) is 90.4 Å². The number of aromatic carboxylic acids is 1. The van der Waals surface area contributed by atoms with Crippen molar-refractivity contribution in [2.45, 2.75) is 6.54 Å². The lowest BCUT2D eigenvalue weighted by molar-refractivity contribution is 0.0690. The molecule has 1 aromatic heterocycles. The van der Waals surface area contributed by atoms with E-state index in [-0.39, 0.29) is 11.4 Å². The molecule has 0 aliphatic rings. The lowest BCUT2D eigenvalue weighted by atomic mass is 10.4. The molecule has 1 aromatic rings. The number of ether oxygens (including phenoxy) is 1. The SMILES string of the molecule is COCCn1cc(N)c(C(=O)O)n1. The molecular formula is C7H11N3O3. The third kappa shape index (κ3) is 2.19. The van der Waals surface area contributed by atoms with Crippen molar-refractivity contribution in [2.24, 2.45) is 0 Å². The minimum atomic E-state index is -1.12. The molecule has 0 spiro atoms. The average Bonchev–Trinajstić information content (AvgIpc) is 2.43. The summed E-state index contributed by atoms with van der Waals surface area (Å²) in [7, 11) is 1.56. The maximum atomic E-state index is 10.5. The second kappa shape index (κ2) is 3.90. The number of nitrogens with zero attached hydrogens (tertiary/aromatic N) is 2. The smallest absolute Gasteiger partial charge is 0.358 e. The third-order valence-corrected chi connectivity index (χ3v) is 1.52. The van der Waals surface area contributed by atoms with E-state index < -0.39 is 5.97 Å². The number of aromatic nitrogens is 2. The van der Waals surface area contributed by atoms with Crippen LogP contribution in [-0.2, 0) is 11.3 Å². The lowest BCUT2D eigenvalue weighted by Crippen LogP contribution is -2.06. The molecule has 6 heteroatoms. The number of hydrogen-bond acceptors (Lipinski definition) is 4. The molecule has 1 rings (SSSR count). The maximum absolute atomic E-state index is 10.5. The van der Waals surface area contributed by atoms with Crippen molar-refractivity contribution in [3.63, 3.8) is 0 Å². The van der Waals surface area contributed by atoms with Gasteiger partial charge in [0.25, 0.3) is 0 Å². The fourth-order valence-electron chi connectivity index (χ4n) is 0.902. The summed E-state index contributed by atoms with van der Waals surface area (Å²) in [6, 6.07) is 0. The number of nitrogen functional groups attached to an aromatic ring is 1. The van der Waals surface area contributed by atoms with Crippen LogP contribution in [0.4, 0.5) is 5.69 Å². The van der Waals surface area contributed by atoms with Crippen LogP contribution in [0.25, 0.3) is 0 Å². The zero-order valence-electron chi connectivity index (χ0n) is 7.23. The number of anilines is 1. The van der Waals surface area contributed by atoms with E-state index in [1.54, 1.807) is 7.11 Å². The highest BCUT2D eigenvalue weighted by atomic mass is 16.5. The van der Waals surface area contributed by atoms with E-state index in [4.69, 9.17) is 15.6 Å². The Morgan fingerprint density at radius 3 is 3.00 bits per heavy atom. The van der Waals surface area contributed by atoms with E-state index >= 15 is 0 Å². The molecule has 3 N–H and O–H groups in total. The number of rotatable bonds is 4. The fraction of sp³-hybridized carbons (Fsp3) is 0.429. The van der Waals surface area contributed by atoms with Gasteiger partial charge in [-0.25, -0.2) is 4.79 Å². The van der Waals surface area contributed by atoms with Crippen molar-refractivity contribution in [2.75, 3.05) is 19.5 Å². The van der Waals surface area contributed by atoms with Gasteiger partial charge >= 0.3 is 5.97 Å². The predicted octanol–water partition coefficient (Wildman–Crippen LogP) is -0.190. The fourth-order valence-corrected chi connectivity index (χ4v) is 0.902. The Kier molecular flexibility index (Phi) is 2.86. The van der Waals surface area contributed by atoms with Crippen LogP contribution in [0, 0.1) is 0 Å². The molecule has 0 aliphatic carbocycles. The molecule has 0 fully saturated rings. The number of carboxylic acid groups (broad SMARTS) is 1. The van der Waals surface area contributed by atoms with E-state index in [9.17, 15) is 4.79 Å². The summed E-state index contributed by atoms with van der Waals surface area (Å²) in [4.78, 5) is 10.5. The molecule has 72 valence electrons. The van der Waals surface area contributed by atoms with Gasteiger partial charge < -0.3 is 15.6 Å². The van der Waals surface area contributed by atoms with Crippen molar-refractivity contribution >= 4 is 11.7 Å². The highest BCUT2D eigenvalue weighted by Crippen LogP contribution is 2.08. The highest BCUT2D eigenvalue weighted by molar-refractivity contribution is 5.91. The summed E-state index contributed by atoms with van der Waals surface area (Å²) in [6.45, 7) is 0.966. The molecule has 0 saturated carbocycles. The minimum absolute atomic E-state index is 0.115. The predicted molar refractivity (Wildman–Crippen MR) is 45.5 cm³/mol.